The van der Waals surface area contributed by atoms with Gasteiger partial charge in [-0.15, -0.1) is 0 Å². The van der Waals surface area contributed by atoms with Gasteiger partial charge in [-0.25, -0.2) is 19.7 Å². The Kier molecular flexibility index (Phi) is 9.59. The minimum absolute atomic E-state index is 0.260. The molecule has 8 heteroatoms. The highest BCUT2D eigenvalue weighted by Gasteiger charge is 2.20. The predicted molar refractivity (Wildman–Crippen MR) is 142 cm³/mol. The van der Waals surface area contributed by atoms with E-state index in [-0.39, 0.29) is 5.97 Å². The van der Waals surface area contributed by atoms with E-state index in [1.165, 1.54) is 17.7 Å². The zero-order valence-corrected chi connectivity index (χ0v) is 21.1. The highest BCUT2D eigenvalue weighted by molar-refractivity contribution is 5.78. The molecule has 1 aliphatic heterocycles. The van der Waals surface area contributed by atoms with Crippen LogP contribution in [0, 0.1) is 0 Å². The lowest BCUT2D eigenvalue weighted by atomic mass is 10.0. The summed E-state index contributed by atoms with van der Waals surface area (Å²) < 4.78 is 5.28. The molecule has 3 aromatic rings. The fraction of sp³-hybridized carbons (Fsp3) is 0.464. The SMILES string of the molecule is CCOC(=O)[C@H](CCCCCCCc1ccc2c(n1)NCCC2)Nc1ncc(-c2cccnc2)cn1. The van der Waals surface area contributed by atoms with Gasteiger partial charge in [-0.05, 0) is 56.7 Å². The van der Waals surface area contributed by atoms with E-state index in [0.717, 1.165) is 68.4 Å². The van der Waals surface area contributed by atoms with Crippen LogP contribution < -0.4 is 10.6 Å². The van der Waals surface area contributed by atoms with Crippen molar-refractivity contribution in [2.45, 2.75) is 70.8 Å². The normalized spacial score (nSPS) is 13.4. The number of aryl methyl sites for hydroxylation is 2. The number of ether oxygens (including phenoxy) is 1. The molecule has 0 saturated heterocycles. The average molecular weight is 489 g/mol. The fourth-order valence-electron chi connectivity index (χ4n) is 4.43. The zero-order chi connectivity index (χ0) is 25.0. The van der Waals surface area contributed by atoms with Gasteiger partial charge in [0.05, 0.1) is 6.61 Å². The summed E-state index contributed by atoms with van der Waals surface area (Å²) >= 11 is 0. The molecule has 36 heavy (non-hydrogen) atoms. The first-order chi connectivity index (χ1) is 17.7. The van der Waals surface area contributed by atoms with Gasteiger partial charge < -0.3 is 15.4 Å². The lowest BCUT2D eigenvalue weighted by Crippen LogP contribution is -2.32. The Bertz CT molecular complexity index is 1090. The highest BCUT2D eigenvalue weighted by Crippen LogP contribution is 2.21. The Morgan fingerprint density at radius 3 is 2.69 bits per heavy atom. The third-order valence-corrected chi connectivity index (χ3v) is 6.40. The highest BCUT2D eigenvalue weighted by atomic mass is 16.5. The number of pyridine rings is 2. The molecule has 1 aliphatic rings. The van der Waals surface area contributed by atoms with Gasteiger partial charge in [0, 0.05) is 48.2 Å². The van der Waals surface area contributed by atoms with Crippen molar-refractivity contribution in [1.29, 1.82) is 0 Å². The minimum Gasteiger partial charge on any atom is -0.464 e. The second kappa shape index (κ2) is 13.5. The van der Waals surface area contributed by atoms with Gasteiger partial charge in [-0.2, -0.15) is 0 Å². The lowest BCUT2D eigenvalue weighted by Gasteiger charge is -2.17. The van der Waals surface area contributed by atoms with Crippen molar-refractivity contribution in [3.05, 3.63) is 60.3 Å². The summed E-state index contributed by atoms with van der Waals surface area (Å²) in [6.07, 6.45) is 16.4. The number of carbonyl (C=O) groups is 1. The van der Waals surface area contributed by atoms with Crippen LogP contribution in [0.25, 0.3) is 11.1 Å². The number of anilines is 2. The summed E-state index contributed by atoms with van der Waals surface area (Å²) in [6.45, 7) is 3.19. The molecule has 0 saturated carbocycles. The van der Waals surface area contributed by atoms with Crippen molar-refractivity contribution in [2.75, 3.05) is 23.8 Å². The van der Waals surface area contributed by atoms with Crippen LogP contribution in [0.1, 0.15) is 63.1 Å². The number of hydrogen-bond acceptors (Lipinski definition) is 8. The third kappa shape index (κ3) is 7.47. The summed E-state index contributed by atoms with van der Waals surface area (Å²) in [7, 11) is 0. The topological polar surface area (TPSA) is 102 Å². The van der Waals surface area contributed by atoms with Crippen molar-refractivity contribution in [3.63, 3.8) is 0 Å². The van der Waals surface area contributed by atoms with Crippen molar-refractivity contribution in [3.8, 4) is 11.1 Å². The number of esters is 1. The number of nitrogens with zero attached hydrogens (tertiary/aromatic N) is 4. The third-order valence-electron chi connectivity index (χ3n) is 6.40. The van der Waals surface area contributed by atoms with Crippen molar-refractivity contribution < 1.29 is 9.53 Å². The van der Waals surface area contributed by atoms with Crippen LogP contribution in [0.2, 0.25) is 0 Å². The maximum absolute atomic E-state index is 12.5. The Morgan fingerprint density at radius 1 is 1.06 bits per heavy atom. The Morgan fingerprint density at radius 2 is 1.89 bits per heavy atom. The monoisotopic (exact) mass is 488 g/mol. The molecule has 2 N–H and O–H groups in total. The summed E-state index contributed by atoms with van der Waals surface area (Å²) in [5.74, 6) is 1.24. The van der Waals surface area contributed by atoms with Gasteiger partial charge in [0.15, 0.2) is 0 Å². The van der Waals surface area contributed by atoms with E-state index in [4.69, 9.17) is 9.72 Å². The van der Waals surface area contributed by atoms with Crippen LogP contribution >= 0.6 is 0 Å². The second-order valence-electron chi connectivity index (χ2n) is 9.13. The van der Waals surface area contributed by atoms with E-state index in [2.05, 4.69) is 37.7 Å². The largest absolute Gasteiger partial charge is 0.464 e. The summed E-state index contributed by atoms with van der Waals surface area (Å²) in [4.78, 5) is 30.2. The fourth-order valence-corrected chi connectivity index (χ4v) is 4.43. The van der Waals surface area contributed by atoms with Crippen LogP contribution in [0.4, 0.5) is 11.8 Å². The van der Waals surface area contributed by atoms with E-state index in [1.54, 1.807) is 24.8 Å². The number of aromatic nitrogens is 4. The molecule has 0 aliphatic carbocycles. The van der Waals surface area contributed by atoms with Gasteiger partial charge in [-0.1, -0.05) is 37.8 Å². The van der Waals surface area contributed by atoms with E-state index < -0.39 is 6.04 Å². The molecule has 1 atom stereocenters. The maximum atomic E-state index is 12.5. The second-order valence-corrected chi connectivity index (χ2v) is 9.13. The Hall–Kier alpha value is -3.55. The van der Waals surface area contributed by atoms with Gasteiger partial charge >= 0.3 is 5.97 Å². The van der Waals surface area contributed by atoms with E-state index in [9.17, 15) is 4.79 Å². The Labute approximate surface area is 213 Å². The molecule has 3 aromatic heterocycles. The number of nitrogens with one attached hydrogen (secondary N) is 2. The molecule has 0 aromatic carbocycles. The lowest BCUT2D eigenvalue weighted by molar-refractivity contribution is -0.144. The number of unbranched alkanes of at least 4 members (excludes halogenated alkanes) is 4. The van der Waals surface area contributed by atoms with Crippen LogP contribution in [0.3, 0.4) is 0 Å². The Balaban J connectivity index is 1.19. The van der Waals surface area contributed by atoms with Gasteiger partial charge in [-0.3, -0.25) is 4.98 Å². The molecule has 0 amide bonds. The molecule has 4 heterocycles. The molecule has 0 spiro atoms. The number of carbonyl (C=O) groups excluding carboxylic acids is 1. The van der Waals surface area contributed by atoms with Crippen molar-refractivity contribution in [2.24, 2.45) is 0 Å². The quantitative estimate of drug-likeness (QED) is 0.249. The molecule has 0 bridgehead atoms. The predicted octanol–water partition coefficient (Wildman–Crippen LogP) is 5.22. The van der Waals surface area contributed by atoms with E-state index in [1.807, 2.05) is 19.1 Å². The molecule has 4 rings (SSSR count). The summed E-state index contributed by atoms with van der Waals surface area (Å²) in [6, 6.07) is 7.78. The molecule has 190 valence electrons. The van der Waals surface area contributed by atoms with E-state index >= 15 is 0 Å². The molecular formula is C28H36N6O2. The summed E-state index contributed by atoms with van der Waals surface area (Å²) in [5, 5.41) is 6.58. The van der Waals surface area contributed by atoms with Crippen LogP contribution in [0.5, 0.6) is 0 Å². The summed E-state index contributed by atoms with van der Waals surface area (Å²) in [5.41, 5.74) is 4.34. The van der Waals surface area contributed by atoms with Gasteiger partial charge in [0.1, 0.15) is 11.9 Å². The van der Waals surface area contributed by atoms with E-state index in [0.29, 0.717) is 19.0 Å². The van der Waals surface area contributed by atoms with Gasteiger partial charge in [0.25, 0.3) is 0 Å². The molecule has 0 fully saturated rings. The first-order valence-electron chi connectivity index (χ1n) is 13.1. The molecule has 0 radical (unpaired) electrons. The first kappa shape index (κ1) is 25.5. The smallest absolute Gasteiger partial charge is 0.328 e. The first-order valence-corrected chi connectivity index (χ1v) is 13.1. The van der Waals surface area contributed by atoms with Crippen LogP contribution in [0.15, 0.2) is 49.1 Å². The molecule has 0 unspecified atom stereocenters. The van der Waals surface area contributed by atoms with Crippen LogP contribution in [-0.4, -0.2) is 45.1 Å². The standard InChI is InChI=1S/C28H36N6O2/c1-2-36-27(35)25(34-28-31-19-23(20-32-28)22-11-8-16-29-18-22)13-7-5-3-4-6-12-24-15-14-21-10-9-17-30-26(21)33-24/h8,11,14-16,18-20,25H,2-7,9-10,12-13,17H2,1H3,(H,30,33)(H,31,32,34)/t25-/m0/s1. The molecule has 8 nitrogen and oxygen atoms in total. The van der Waals surface area contributed by atoms with Crippen molar-refractivity contribution in [1.82, 2.24) is 19.9 Å². The number of rotatable bonds is 13. The zero-order valence-electron chi connectivity index (χ0n) is 21.1. The number of hydrogen-bond donors (Lipinski definition) is 2. The average Bonchev–Trinajstić information content (AvgIpc) is 2.92. The number of fused-ring (bicyclic) bond motifs is 1. The maximum Gasteiger partial charge on any atom is 0.328 e. The minimum atomic E-state index is -0.457. The van der Waals surface area contributed by atoms with Crippen molar-refractivity contribution >= 4 is 17.7 Å². The van der Waals surface area contributed by atoms with Crippen LogP contribution in [-0.2, 0) is 22.4 Å². The molecular weight excluding hydrogens is 452 g/mol. The van der Waals surface area contributed by atoms with Gasteiger partial charge in [0.2, 0.25) is 5.95 Å².